The third kappa shape index (κ3) is 5.59. The normalized spacial score (nSPS) is 12.2. The van der Waals surface area contributed by atoms with E-state index in [4.69, 9.17) is 4.74 Å². The second-order valence-corrected chi connectivity index (χ2v) is 7.28. The maximum absolute atomic E-state index is 12.1. The maximum Gasteiger partial charge on any atom is 0.328 e. The number of carbonyl (C=O) groups excluding carboxylic acids is 2. The first-order chi connectivity index (χ1) is 12.4. The highest BCUT2D eigenvalue weighted by molar-refractivity contribution is 7.99. The molecule has 0 bridgehead atoms. The van der Waals surface area contributed by atoms with E-state index in [0.29, 0.717) is 28.9 Å². The molecule has 0 spiro atoms. The molecule has 0 aliphatic rings. The van der Waals surface area contributed by atoms with Crippen LogP contribution in [0.4, 0.5) is 0 Å². The van der Waals surface area contributed by atoms with Gasteiger partial charge in [0.2, 0.25) is 5.91 Å². The van der Waals surface area contributed by atoms with Gasteiger partial charge in [0, 0.05) is 0 Å². The Morgan fingerprint density at radius 3 is 2.73 bits per heavy atom. The Kier molecular flexibility index (Phi) is 7.20. The van der Waals surface area contributed by atoms with E-state index < -0.39 is 12.0 Å². The Bertz CT molecular complexity index is 835. The standard InChI is InChI=1S/C18H23N3O4S/c1-11(2)8-14(18(24)25-3)20-16(22)10-26-9-15-19-13-7-5-4-6-12(13)17(23)21-15/h4-7,11,14H,8-10H2,1-3H3,(H,20,22)(H,19,21,23)/t14-/m0/s1. The number of thioether (sulfide) groups is 1. The first-order valence-corrected chi connectivity index (χ1v) is 9.49. The smallest absolute Gasteiger partial charge is 0.328 e. The van der Waals surface area contributed by atoms with Gasteiger partial charge in [0.15, 0.2) is 0 Å². The number of nitrogens with zero attached hydrogens (tertiary/aromatic N) is 1. The Labute approximate surface area is 155 Å². The number of rotatable bonds is 8. The quantitative estimate of drug-likeness (QED) is 0.681. The third-order valence-electron chi connectivity index (χ3n) is 3.66. The zero-order valence-corrected chi connectivity index (χ0v) is 15.9. The van der Waals surface area contributed by atoms with Crippen molar-refractivity contribution in [2.75, 3.05) is 12.9 Å². The van der Waals surface area contributed by atoms with Gasteiger partial charge in [-0.1, -0.05) is 26.0 Å². The van der Waals surface area contributed by atoms with Gasteiger partial charge in [-0.15, -0.1) is 11.8 Å². The maximum atomic E-state index is 12.1. The molecule has 140 valence electrons. The minimum Gasteiger partial charge on any atom is -0.467 e. The van der Waals surface area contributed by atoms with Crippen molar-refractivity contribution in [1.82, 2.24) is 15.3 Å². The van der Waals surface area contributed by atoms with Crippen LogP contribution in [0.5, 0.6) is 0 Å². The number of nitrogens with one attached hydrogen (secondary N) is 2. The number of hydrogen-bond acceptors (Lipinski definition) is 6. The first-order valence-electron chi connectivity index (χ1n) is 8.33. The monoisotopic (exact) mass is 377 g/mol. The van der Waals surface area contributed by atoms with Crippen LogP contribution in [-0.2, 0) is 20.1 Å². The highest BCUT2D eigenvalue weighted by Gasteiger charge is 2.22. The predicted octanol–water partition coefficient (Wildman–Crippen LogP) is 1.86. The van der Waals surface area contributed by atoms with Gasteiger partial charge in [0.1, 0.15) is 11.9 Å². The molecule has 2 aromatic rings. The summed E-state index contributed by atoms with van der Waals surface area (Å²) >= 11 is 1.32. The molecule has 0 saturated carbocycles. The number of esters is 1. The van der Waals surface area contributed by atoms with Gasteiger partial charge in [0.25, 0.3) is 5.56 Å². The number of ether oxygens (including phenoxy) is 1. The highest BCUT2D eigenvalue weighted by atomic mass is 32.2. The molecule has 2 rings (SSSR count). The van der Waals surface area contributed by atoms with Crippen molar-refractivity contribution in [2.45, 2.75) is 32.1 Å². The largest absolute Gasteiger partial charge is 0.467 e. The molecule has 7 nitrogen and oxygen atoms in total. The lowest BCUT2D eigenvalue weighted by Gasteiger charge is -2.18. The number of fused-ring (bicyclic) bond motifs is 1. The molecule has 2 N–H and O–H groups in total. The molecule has 1 atom stereocenters. The minimum absolute atomic E-state index is 0.155. The summed E-state index contributed by atoms with van der Waals surface area (Å²) in [5.41, 5.74) is 0.428. The summed E-state index contributed by atoms with van der Waals surface area (Å²) in [6, 6.07) is 6.45. The van der Waals surface area contributed by atoms with E-state index in [2.05, 4.69) is 15.3 Å². The number of methoxy groups -OCH3 is 1. The second-order valence-electron chi connectivity index (χ2n) is 6.30. The molecule has 0 radical (unpaired) electrons. The molecule has 0 saturated heterocycles. The number of hydrogen-bond donors (Lipinski definition) is 2. The molecule has 1 aromatic carbocycles. The van der Waals surface area contributed by atoms with Gasteiger partial charge in [0.05, 0.1) is 29.5 Å². The summed E-state index contributed by atoms with van der Waals surface area (Å²) in [6.45, 7) is 3.94. The predicted molar refractivity (Wildman–Crippen MR) is 102 cm³/mol. The van der Waals surface area contributed by atoms with Crippen LogP contribution < -0.4 is 10.9 Å². The Morgan fingerprint density at radius 2 is 2.04 bits per heavy atom. The van der Waals surface area contributed by atoms with Crippen LogP contribution in [0.25, 0.3) is 10.9 Å². The van der Waals surface area contributed by atoms with Crippen molar-refractivity contribution in [3.63, 3.8) is 0 Å². The zero-order chi connectivity index (χ0) is 19.1. The van der Waals surface area contributed by atoms with Crippen LogP contribution in [0.15, 0.2) is 29.1 Å². The SMILES string of the molecule is COC(=O)[C@H](CC(C)C)NC(=O)CSCc1nc2ccccc2c(=O)[nH]1. The Balaban J connectivity index is 1.91. The van der Waals surface area contributed by atoms with E-state index in [1.54, 1.807) is 18.2 Å². The number of H-pyrrole nitrogens is 1. The van der Waals surface area contributed by atoms with Crippen molar-refractivity contribution >= 4 is 34.5 Å². The average molecular weight is 377 g/mol. The molecule has 0 unspecified atom stereocenters. The lowest BCUT2D eigenvalue weighted by molar-refractivity contribution is -0.145. The van der Waals surface area contributed by atoms with E-state index in [-0.39, 0.29) is 23.1 Å². The van der Waals surface area contributed by atoms with Crippen molar-refractivity contribution < 1.29 is 14.3 Å². The van der Waals surface area contributed by atoms with E-state index in [9.17, 15) is 14.4 Å². The molecule has 26 heavy (non-hydrogen) atoms. The zero-order valence-electron chi connectivity index (χ0n) is 15.1. The highest BCUT2D eigenvalue weighted by Crippen LogP contribution is 2.12. The Morgan fingerprint density at radius 1 is 1.31 bits per heavy atom. The summed E-state index contributed by atoms with van der Waals surface area (Å²) in [6.07, 6.45) is 0.516. The van der Waals surface area contributed by atoms with Gasteiger partial charge in [-0.3, -0.25) is 9.59 Å². The van der Waals surface area contributed by atoms with E-state index >= 15 is 0 Å². The first kappa shape index (κ1) is 20.0. The lowest BCUT2D eigenvalue weighted by Crippen LogP contribution is -2.43. The molecule has 8 heteroatoms. The summed E-state index contributed by atoms with van der Waals surface area (Å²) < 4.78 is 4.73. The minimum atomic E-state index is -0.647. The fourth-order valence-corrected chi connectivity index (χ4v) is 3.21. The molecule has 1 aromatic heterocycles. The van der Waals surface area contributed by atoms with Gasteiger partial charge in [-0.05, 0) is 24.5 Å². The van der Waals surface area contributed by atoms with Crippen LogP contribution in [0.1, 0.15) is 26.1 Å². The van der Waals surface area contributed by atoms with Crippen LogP contribution in [0, 0.1) is 5.92 Å². The number of aromatic nitrogens is 2. The molecule has 1 heterocycles. The van der Waals surface area contributed by atoms with Crippen molar-refractivity contribution in [1.29, 1.82) is 0 Å². The van der Waals surface area contributed by atoms with Crippen molar-refractivity contribution in [2.24, 2.45) is 5.92 Å². The van der Waals surface area contributed by atoms with E-state index in [0.717, 1.165) is 0 Å². The molecule has 1 amide bonds. The average Bonchev–Trinajstić information content (AvgIpc) is 2.60. The van der Waals surface area contributed by atoms with Crippen molar-refractivity contribution in [3.8, 4) is 0 Å². The molecule has 0 aliphatic carbocycles. The van der Waals surface area contributed by atoms with E-state index in [1.165, 1.54) is 18.9 Å². The summed E-state index contributed by atoms with van der Waals surface area (Å²) in [7, 11) is 1.30. The summed E-state index contributed by atoms with van der Waals surface area (Å²) in [5, 5.41) is 3.24. The third-order valence-corrected chi connectivity index (χ3v) is 4.61. The van der Waals surface area contributed by atoms with Gasteiger partial charge < -0.3 is 15.0 Å². The van der Waals surface area contributed by atoms with Gasteiger partial charge >= 0.3 is 5.97 Å². The van der Waals surface area contributed by atoms with E-state index in [1.807, 2.05) is 19.9 Å². The Hall–Kier alpha value is -2.35. The topological polar surface area (TPSA) is 101 Å². The fourth-order valence-electron chi connectivity index (χ4n) is 2.51. The molecular formula is C18H23N3O4S. The van der Waals surface area contributed by atoms with Crippen molar-refractivity contribution in [3.05, 3.63) is 40.4 Å². The fraction of sp³-hybridized carbons (Fsp3) is 0.444. The van der Waals surface area contributed by atoms with Crippen LogP contribution >= 0.6 is 11.8 Å². The molecule has 0 fully saturated rings. The molecule has 0 aliphatic heterocycles. The van der Waals surface area contributed by atoms with Crippen LogP contribution in [-0.4, -0.2) is 40.7 Å². The number of benzene rings is 1. The number of amides is 1. The second kappa shape index (κ2) is 9.38. The number of carbonyl (C=O) groups is 2. The summed E-state index contributed by atoms with van der Waals surface area (Å²) in [5.74, 6) is 0.603. The number of para-hydroxylation sites is 1. The van der Waals surface area contributed by atoms with Gasteiger partial charge in [-0.2, -0.15) is 0 Å². The van der Waals surface area contributed by atoms with Crippen LogP contribution in [0.2, 0.25) is 0 Å². The number of aromatic amines is 1. The summed E-state index contributed by atoms with van der Waals surface area (Å²) in [4.78, 5) is 43.0. The van der Waals surface area contributed by atoms with Crippen LogP contribution in [0.3, 0.4) is 0 Å². The van der Waals surface area contributed by atoms with Gasteiger partial charge in [-0.25, -0.2) is 9.78 Å². The molecular weight excluding hydrogens is 354 g/mol. The lowest BCUT2D eigenvalue weighted by atomic mass is 10.0.